The third-order valence-corrected chi connectivity index (χ3v) is 2.67. The van der Waals surface area contributed by atoms with Gasteiger partial charge in [-0.15, -0.1) is 0 Å². The van der Waals surface area contributed by atoms with Crippen molar-refractivity contribution >= 4 is 17.9 Å². The summed E-state index contributed by atoms with van der Waals surface area (Å²) in [5, 5.41) is 35.9. The third kappa shape index (κ3) is 7.31. The normalized spacial score (nSPS) is 14.8. The predicted octanol–water partition coefficient (Wildman–Crippen LogP) is 0.698. The number of aliphatic hydroxyl groups excluding tert-OH is 1. The van der Waals surface area contributed by atoms with Crippen LogP contribution < -0.4 is 0 Å². The van der Waals surface area contributed by atoms with Gasteiger partial charge in [0.2, 0.25) is 0 Å². The molecule has 0 aromatic carbocycles. The van der Waals surface area contributed by atoms with Gasteiger partial charge in [0.15, 0.2) is 0 Å². The minimum Gasteiger partial charge on any atom is -0.494 e. The SMILES string of the molecule is CC(C(=O)O)=C(OCC(C)O)C(CCCC(=O)O)C(=O)O. The van der Waals surface area contributed by atoms with E-state index >= 15 is 0 Å². The molecule has 0 aliphatic rings. The first-order valence-corrected chi connectivity index (χ1v) is 6.36. The van der Waals surface area contributed by atoms with Crippen LogP contribution in [0.25, 0.3) is 0 Å². The van der Waals surface area contributed by atoms with Crippen molar-refractivity contribution in [1.82, 2.24) is 0 Å². The first-order chi connectivity index (χ1) is 9.66. The lowest BCUT2D eigenvalue weighted by molar-refractivity contribution is -0.143. The molecule has 8 heteroatoms. The summed E-state index contributed by atoms with van der Waals surface area (Å²) in [6.07, 6.45) is -1.11. The first-order valence-electron chi connectivity index (χ1n) is 6.36. The molecule has 0 aromatic heterocycles. The van der Waals surface area contributed by atoms with Gasteiger partial charge in [-0.1, -0.05) is 0 Å². The third-order valence-electron chi connectivity index (χ3n) is 2.67. The number of aliphatic carboxylic acids is 3. The molecule has 0 radical (unpaired) electrons. The van der Waals surface area contributed by atoms with Gasteiger partial charge >= 0.3 is 17.9 Å². The van der Waals surface area contributed by atoms with E-state index in [2.05, 4.69) is 0 Å². The average Bonchev–Trinajstić information content (AvgIpc) is 2.35. The van der Waals surface area contributed by atoms with Gasteiger partial charge in [0, 0.05) is 6.42 Å². The van der Waals surface area contributed by atoms with Crippen LogP contribution in [-0.4, -0.2) is 51.0 Å². The van der Waals surface area contributed by atoms with E-state index in [4.69, 9.17) is 14.9 Å². The van der Waals surface area contributed by atoms with E-state index in [0.29, 0.717) is 0 Å². The fourth-order valence-electron chi connectivity index (χ4n) is 1.61. The van der Waals surface area contributed by atoms with Gasteiger partial charge in [0.25, 0.3) is 0 Å². The molecule has 0 saturated heterocycles. The van der Waals surface area contributed by atoms with E-state index in [1.807, 2.05) is 0 Å². The summed E-state index contributed by atoms with van der Waals surface area (Å²) in [6.45, 7) is 2.36. The van der Waals surface area contributed by atoms with Gasteiger partial charge in [0.1, 0.15) is 18.3 Å². The molecule has 0 rings (SSSR count). The molecule has 8 nitrogen and oxygen atoms in total. The number of rotatable bonds is 10. The Morgan fingerprint density at radius 2 is 1.71 bits per heavy atom. The van der Waals surface area contributed by atoms with E-state index in [1.165, 1.54) is 13.8 Å². The summed E-state index contributed by atoms with van der Waals surface area (Å²) in [4.78, 5) is 32.7. The van der Waals surface area contributed by atoms with Crippen LogP contribution in [0.4, 0.5) is 0 Å². The van der Waals surface area contributed by atoms with Gasteiger partial charge in [-0.05, 0) is 26.7 Å². The molecule has 0 amide bonds. The Morgan fingerprint density at radius 3 is 2.10 bits per heavy atom. The van der Waals surface area contributed by atoms with Crippen molar-refractivity contribution in [3.05, 3.63) is 11.3 Å². The van der Waals surface area contributed by atoms with Crippen molar-refractivity contribution in [1.29, 1.82) is 0 Å². The highest BCUT2D eigenvalue weighted by molar-refractivity contribution is 5.88. The summed E-state index contributed by atoms with van der Waals surface area (Å²) in [7, 11) is 0. The minimum atomic E-state index is -1.33. The maximum absolute atomic E-state index is 11.3. The van der Waals surface area contributed by atoms with Crippen molar-refractivity contribution in [2.45, 2.75) is 39.2 Å². The van der Waals surface area contributed by atoms with E-state index in [0.717, 1.165) is 0 Å². The van der Waals surface area contributed by atoms with Crippen LogP contribution >= 0.6 is 0 Å². The largest absolute Gasteiger partial charge is 0.494 e. The first kappa shape index (κ1) is 18.9. The lowest BCUT2D eigenvalue weighted by Crippen LogP contribution is -2.24. The van der Waals surface area contributed by atoms with Gasteiger partial charge in [0.05, 0.1) is 11.7 Å². The number of carbonyl (C=O) groups is 3. The van der Waals surface area contributed by atoms with Crippen LogP contribution in [0, 0.1) is 5.92 Å². The van der Waals surface area contributed by atoms with E-state index < -0.39 is 29.9 Å². The lowest BCUT2D eigenvalue weighted by Gasteiger charge is -2.20. The minimum absolute atomic E-state index is 0.0681. The van der Waals surface area contributed by atoms with E-state index in [9.17, 15) is 24.6 Å². The molecule has 0 aliphatic carbocycles. The van der Waals surface area contributed by atoms with Crippen molar-refractivity contribution in [2.75, 3.05) is 6.61 Å². The van der Waals surface area contributed by atoms with Gasteiger partial charge in [-0.2, -0.15) is 0 Å². The van der Waals surface area contributed by atoms with Crippen LogP contribution in [0.5, 0.6) is 0 Å². The molecular weight excluding hydrogens is 284 g/mol. The molecule has 2 unspecified atom stereocenters. The topological polar surface area (TPSA) is 141 Å². The zero-order valence-electron chi connectivity index (χ0n) is 11.9. The highest BCUT2D eigenvalue weighted by Crippen LogP contribution is 2.24. The molecule has 0 saturated carbocycles. The molecule has 0 heterocycles. The predicted molar refractivity (Wildman–Crippen MR) is 70.6 cm³/mol. The summed E-state index contributed by atoms with van der Waals surface area (Å²) < 4.78 is 5.13. The van der Waals surface area contributed by atoms with Crippen LogP contribution in [-0.2, 0) is 19.1 Å². The number of hydrogen-bond donors (Lipinski definition) is 4. The quantitative estimate of drug-likeness (QED) is 0.341. The Labute approximate surface area is 121 Å². The molecule has 0 aromatic rings. The maximum atomic E-state index is 11.3. The Balaban J connectivity index is 5.20. The van der Waals surface area contributed by atoms with Crippen molar-refractivity contribution < 1.29 is 39.5 Å². The lowest BCUT2D eigenvalue weighted by atomic mass is 9.96. The van der Waals surface area contributed by atoms with Gasteiger partial charge in [-0.25, -0.2) is 4.79 Å². The summed E-state index contributed by atoms with van der Waals surface area (Å²) in [6, 6.07) is 0. The van der Waals surface area contributed by atoms with Crippen LogP contribution in [0.3, 0.4) is 0 Å². The highest BCUT2D eigenvalue weighted by atomic mass is 16.5. The van der Waals surface area contributed by atoms with Crippen molar-refractivity contribution in [2.24, 2.45) is 5.92 Å². The second-order valence-corrected chi connectivity index (χ2v) is 4.63. The molecule has 2 atom stereocenters. The molecule has 0 spiro atoms. The number of hydrogen-bond acceptors (Lipinski definition) is 5. The van der Waals surface area contributed by atoms with E-state index in [1.54, 1.807) is 0 Å². The maximum Gasteiger partial charge on any atom is 0.334 e. The Morgan fingerprint density at radius 1 is 1.14 bits per heavy atom. The average molecular weight is 304 g/mol. The van der Waals surface area contributed by atoms with Crippen LogP contribution in [0.2, 0.25) is 0 Å². The molecule has 21 heavy (non-hydrogen) atoms. The van der Waals surface area contributed by atoms with Crippen LogP contribution in [0.1, 0.15) is 33.1 Å². The molecule has 0 fully saturated rings. The number of carboxylic acids is 3. The van der Waals surface area contributed by atoms with Gasteiger partial charge in [-0.3, -0.25) is 9.59 Å². The molecule has 0 bridgehead atoms. The highest BCUT2D eigenvalue weighted by Gasteiger charge is 2.28. The summed E-state index contributed by atoms with van der Waals surface area (Å²) >= 11 is 0. The Bertz CT molecular complexity index is 424. The fourth-order valence-corrected chi connectivity index (χ4v) is 1.61. The van der Waals surface area contributed by atoms with Crippen LogP contribution in [0.15, 0.2) is 11.3 Å². The monoisotopic (exact) mass is 304 g/mol. The van der Waals surface area contributed by atoms with Crippen molar-refractivity contribution in [3.8, 4) is 0 Å². The summed E-state index contributed by atoms with van der Waals surface area (Å²) in [5.74, 6) is -5.23. The zero-order chi connectivity index (χ0) is 16.6. The fraction of sp³-hybridized carbons (Fsp3) is 0.615. The zero-order valence-corrected chi connectivity index (χ0v) is 11.9. The Hall–Kier alpha value is -2.09. The van der Waals surface area contributed by atoms with Gasteiger partial charge < -0.3 is 25.2 Å². The number of ether oxygens (including phenoxy) is 1. The number of aliphatic hydroxyl groups is 1. The number of carboxylic acid groups (broad SMARTS) is 3. The smallest absolute Gasteiger partial charge is 0.334 e. The van der Waals surface area contributed by atoms with Crippen molar-refractivity contribution in [3.63, 3.8) is 0 Å². The Kier molecular flexibility index (Phi) is 8.07. The van der Waals surface area contributed by atoms with E-state index in [-0.39, 0.29) is 37.2 Å². The standard InChI is InChI=1S/C13H20O8/c1-7(14)6-21-11(8(2)12(17)18)9(13(19)20)4-3-5-10(15)16/h7,9,14H,3-6H2,1-2H3,(H,15,16)(H,17,18)(H,19,20). The molecule has 120 valence electrons. The second-order valence-electron chi connectivity index (χ2n) is 4.63. The molecule has 4 N–H and O–H groups in total. The molecular formula is C13H20O8. The second kappa shape index (κ2) is 8.96. The molecule has 0 aliphatic heterocycles. The summed E-state index contributed by atoms with van der Waals surface area (Å²) in [5.41, 5.74) is -0.279.